The van der Waals surface area contributed by atoms with Gasteiger partial charge < -0.3 is 0 Å². The molecular formula is C22H37Br. The van der Waals surface area contributed by atoms with Crippen LogP contribution in [0.2, 0.25) is 0 Å². The van der Waals surface area contributed by atoms with Gasteiger partial charge in [0.2, 0.25) is 0 Å². The van der Waals surface area contributed by atoms with Gasteiger partial charge in [-0.25, -0.2) is 0 Å². The highest BCUT2D eigenvalue weighted by molar-refractivity contribution is 9.10. The predicted octanol–water partition coefficient (Wildman–Crippen LogP) is 7.97. The molecule has 0 saturated carbocycles. The Morgan fingerprint density at radius 3 is 1.52 bits per heavy atom. The van der Waals surface area contributed by atoms with Gasteiger partial charge in [-0.1, -0.05) is 101 Å². The molecular weight excluding hydrogens is 344 g/mol. The molecule has 2 atom stereocenters. The van der Waals surface area contributed by atoms with E-state index in [0.717, 1.165) is 11.8 Å². The molecule has 0 fully saturated rings. The Morgan fingerprint density at radius 2 is 1.17 bits per heavy atom. The van der Waals surface area contributed by atoms with Crippen molar-refractivity contribution in [3.05, 3.63) is 33.8 Å². The van der Waals surface area contributed by atoms with Crippen molar-refractivity contribution in [3.8, 4) is 0 Å². The quantitative estimate of drug-likeness (QED) is 0.344. The van der Waals surface area contributed by atoms with Gasteiger partial charge in [0, 0.05) is 4.47 Å². The molecule has 1 heteroatoms. The second-order valence-electron chi connectivity index (χ2n) is 7.21. The molecule has 0 radical (unpaired) electrons. The van der Waals surface area contributed by atoms with Gasteiger partial charge in [0.05, 0.1) is 0 Å². The lowest BCUT2D eigenvalue weighted by molar-refractivity contribution is 0.444. The monoisotopic (exact) mass is 380 g/mol. The summed E-state index contributed by atoms with van der Waals surface area (Å²) < 4.78 is 1.26. The van der Waals surface area contributed by atoms with Gasteiger partial charge in [-0.15, -0.1) is 0 Å². The van der Waals surface area contributed by atoms with Crippen LogP contribution in [0.1, 0.15) is 90.2 Å². The molecule has 1 aromatic carbocycles. The van der Waals surface area contributed by atoms with Crippen molar-refractivity contribution in [2.24, 2.45) is 11.8 Å². The lowest BCUT2D eigenvalue weighted by Crippen LogP contribution is -2.06. The van der Waals surface area contributed by atoms with E-state index in [4.69, 9.17) is 0 Å². The lowest BCUT2D eigenvalue weighted by atomic mass is 9.88. The van der Waals surface area contributed by atoms with Crippen LogP contribution in [0.5, 0.6) is 0 Å². The number of benzene rings is 1. The molecule has 2 unspecified atom stereocenters. The normalized spacial score (nSPS) is 14.0. The SMILES string of the molecule is CCCCC(CC)Cc1cc(Br)cc(CC(CC)CCCC)c1. The second-order valence-corrected chi connectivity index (χ2v) is 8.12. The number of halogens is 1. The van der Waals surface area contributed by atoms with Gasteiger partial charge in [0.1, 0.15) is 0 Å². The first-order chi connectivity index (χ1) is 11.1. The number of hydrogen-bond donors (Lipinski definition) is 0. The Labute approximate surface area is 153 Å². The molecule has 0 aliphatic heterocycles. The Balaban J connectivity index is 2.73. The minimum Gasteiger partial charge on any atom is -0.0654 e. The highest BCUT2D eigenvalue weighted by atomic mass is 79.9. The maximum absolute atomic E-state index is 3.74. The molecule has 0 aromatic heterocycles. The summed E-state index contributed by atoms with van der Waals surface area (Å²) in [6.45, 7) is 9.28. The molecule has 0 N–H and O–H groups in total. The van der Waals surface area contributed by atoms with Gasteiger partial charge in [-0.05, 0) is 47.9 Å². The summed E-state index contributed by atoms with van der Waals surface area (Å²) in [7, 11) is 0. The average molecular weight is 381 g/mol. The van der Waals surface area contributed by atoms with Crippen LogP contribution in [0.15, 0.2) is 22.7 Å². The maximum atomic E-state index is 3.74. The van der Waals surface area contributed by atoms with Gasteiger partial charge in [0.25, 0.3) is 0 Å². The van der Waals surface area contributed by atoms with Gasteiger partial charge in [-0.2, -0.15) is 0 Å². The third-order valence-corrected chi connectivity index (χ3v) is 5.61. The van der Waals surface area contributed by atoms with E-state index < -0.39 is 0 Å². The zero-order chi connectivity index (χ0) is 17.1. The highest BCUT2D eigenvalue weighted by Gasteiger charge is 2.11. The smallest absolute Gasteiger partial charge is 0.0180 e. The van der Waals surface area contributed by atoms with Crippen LogP contribution in [-0.2, 0) is 12.8 Å². The van der Waals surface area contributed by atoms with E-state index >= 15 is 0 Å². The van der Waals surface area contributed by atoms with Gasteiger partial charge in [-0.3, -0.25) is 0 Å². The fourth-order valence-electron chi connectivity index (χ4n) is 3.51. The van der Waals surface area contributed by atoms with Crippen LogP contribution in [0.25, 0.3) is 0 Å². The lowest BCUT2D eigenvalue weighted by Gasteiger charge is -2.18. The highest BCUT2D eigenvalue weighted by Crippen LogP contribution is 2.25. The van der Waals surface area contributed by atoms with Crippen molar-refractivity contribution in [1.82, 2.24) is 0 Å². The second kappa shape index (κ2) is 12.1. The summed E-state index contributed by atoms with van der Waals surface area (Å²) >= 11 is 3.74. The van der Waals surface area contributed by atoms with Gasteiger partial charge >= 0.3 is 0 Å². The summed E-state index contributed by atoms with van der Waals surface area (Å²) in [5, 5.41) is 0. The standard InChI is InChI=1S/C22H37Br/c1-5-9-11-18(7-3)13-20-15-21(17-22(23)16-20)14-19(8-4)12-10-6-2/h15-19H,5-14H2,1-4H3. The first-order valence-corrected chi connectivity index (χ1v) is 10.7. The Bertz CT molecular complexity index is 388. The molecule has 0 saturated heterocycles. The van der Waals surface area contributed by atoms with Crippen LogP contribution in [-0.4, -0.2) is 0 Å². The van der Waals surface area contributed by atoms with E-state index in [1.807, 2.05) is 0 Å². The largest absolute Gasteiger partial charge is 0.0654 e. The Morgan fingerprint density at radius 1 is 0.739 bits per heavy atom. The van der Waals surface area contributed by atoms with Gasteiger partial charge in [0.15, 0.2) is 0 Å². The first kappa shape index (κ1) is 20.7. The average Bonchev–Trinajstić information content (AvgIpc) is 2.54. The topological polar surface area (TPSA) is 0 Å². The Kier molecular flexibility index (Phi) is 10.9. The molecule has 0 spiro atoms. The summed E-state index contributed by atoms with van der Waals surface area (Å²) in [6.07, 6.45) is 13.2. The molecule has 0 nitrogen and oxygen atoms in total. The first-order valence-electron chi connectivity index (χ1n) is 9.91. The molecule has 0 bridgehead atoms. The number of rotatable bonds is 12. The zero-order valence-electron chi connectivity index (χ0n) is 15.8. The molecule has 0 aliphatic rings. The minimum absolute atomic E-state index is 0.846. The summed E-state index contributed by atoms with van der Waals surface area (Å²) in [5.41, 5.74) is 3.06. The van der Waals surface area contributed by atoms with Crippen molar-refractivity contribution >= 4 is 15.9 Å². The van der Waals surface area contributed by atoms with Crippen molar-refractivity contribution in [2.45, 2.75) is 91.9 Å². The summed E-state index contributed by atoms with van der Waals surface area (Å²) in [6, 6.07) is 7.16. The van der Waals surface area contributed by atoms with Crippen LogP contribution < -0.4 is 0 Å². The van der Waals surface area contributed by atoms with E-state index in [-0.39, 0.29) is 0 Å². The fourth-order valence-corrected chi connectivity index (χ4v) is 4.09. The molecule has 1 rings (SSSR count). The zero-order valence-corrected chi connectivity index (χ0v) is 17.4. The van der Waals surface area contributed by atoms with E-state index in [1.54, 1.807) is 0 Å². The molecule has 0 amide bonds. The summed E-state index contributed by atoms with van der Waals surface area (Å²) in [5.74, 6) is 1.69. The van der Waals surface area contributed by atoms with Crippen LogP contribution in [0.3, 0.4) is 0 Å². The number of hydrogen-bond acceptors (Lipinski definition) is 0. The maximum Gasteiger partial charge on any atom is 0.0180 e. The van der Waals surface area contributed by atoms with E-state index in [0.29, 0.717) is 0 Å². The molecule has 23 heavy (non-hydrogen) atoms. The molecule has 0 heterocycles. The van der Waals surface area contributed by atoms with Crippen molar-refractivity contribution in [3.63, 3.8) is 0 Å². The minimum atomic E-state index is 0.846. The molecule has 132 valence electrons. The van der Waals surface area contributed by atoms with Crippen molar-refractivity contribution in [2.75, 3.05) is 0 Å². The summed E-state index contributed by atoms with van der Waals surface area (Å²) in [4.78, 5) is 0. The van der Waals surface area contributed by atoms with Crippen molar-refractivity contribution in [1.29, 1.82) is 0 Å². The molecule has 1 aromatic rings. The predicted molar refractivity (Wildman–Crippen MR) is 108 cm³/mol. The Hall–Kier alpha value is -0.300. The van der Waals surface area contributed by atoms with Crippen LogP contribution in [0.4, 0.5) is 0 Å². The number of unbranched alkanes of at least 4 members (excludes halogenated alkanes) is 2. The van der Waals surface area contributed by atoms with E-state index in [9.17, 15) is 0 Å². The van der Waals surface area contributed by atoms with Crippen LogP contribution in [0, 0.1) is 11.8 Å². The van der Waals surface area contributed by atoms with E-state index in [2.05, 4.69) is 61.8 Å². The van der Waals surface area contributed by atoms with E-state index in [1.165, 1.54) is 79.8 Å². The fraction of sp³-hybridized carbons (Fsp3) is 0.727. The third kappa shape index (κ3) is 8.38. The molecule has 0 aliphatic carbocycles. The van der Waals surface area contributed by atoms with Crippen LogP contribution >= 0.6 is 15.9 Å². The third-order valence-electron chi connectivity index (χ3n) is 5.15. The van der Waals surface area contributed by atoms with Crippen molar-refractivity contribution < 1.29 is 0 Å².